The van der Waals surface area contributed by atoms with Crippen molar-refractivity contribution < 1.29 is 0 Å². The molecule has 11 rings (SSSR count). The van der Waals surface area contributed by atoms with Crippen molar-refractivity contribution in [3.05, 3.63) is 205 Å². The summed E-state index contributed by atoms with van der Waals surface area (Å²) in [5, 5.41) is 13.9. The predicted octanol–water partition coefficient (Wildman–Crippen LogP) is 13.3. The first-order valence-electron chi connectivity index (χ1n) is 18.7. The topological polar surface area (TPSA) is 36.8 Å². The second kappa shape index (κ2) is 12.9. The molecule has 0 aliphatic carbocycles. The van der Waals surface area contributed by atoms with E-state index in [1.54, 1.807) is 0 Å². The Labute approximate surface area is 322 Å². The summed E-state index contributed by atoms with van der Waals surface area (Å²) in [6, 6.07) is 67.6. The minimum Gasteiger partial charge on any atom is -0.344 e. The van der Waals surface area contributed by atoms with Gasteiger partial charge in [-0.3, -0.25) is 0 Å². The third kappa shape index (κ3) is 5.41. The molecule has 0 fully saturated rings. The first-order chi connectivity index (χ1) is 27.2. The molecule has 1 atom stereocenters. The first-order valence-corrected chi connectivity index (χ1v) is 19.5. The van der Waals surface area contributed by atoms with Crippen molar-refractivity contribution >= 4 is 75.5 Å². The number of amidine groups is 2. The second-order valence-electron chi connectivity index (χ2n) is 14.2. The summed E-state index contributed by atoms with van der Waals surface area (Å²) in [6.07, 6.45) is -0.367. The van der Waals surface area contributed by atoms with Gasteiger partial charge < -0.3 is 5.32 Å². The number of nitrogens with one attached hydrogen (secondary N) is 1. The predicted molar refractivity (Wildman–Crippen MR) is 235 cm³/mol. The molecule has 4 heteroatoms. The Balaban J connectivity index is 1.15. The zero-order valence-corrected chi connectivity index (χ0v) is 30.6. The van der Waals surface area contributed by atoms with Gasteiger partial charge in [0.15, 0.2) is 5.84 Å². The van der Waals surface area contributed by atoms with Gasteiger partial charge in [0.05, 0.1) is 0 Å². The lowest BCUT2D eigenvalue weighted by Gasteiger charge is -2.25. The zero-order chi connectivity index (χ0) is 36.3. The summed E-state index contributed by atoms with van der Waals surface area (Å²) >= 11 is 1.86. The van der Waals surface area contributed by atoms with E-state index in [0.29, 0.717) is 5.84 Å². The molecule has 0 radical (unpaired) electrons. The van der Waals surface area contributed by atoms with E-state index in [2.05, 4.69) is 169 Å². The van der Waals surface area contributed by atoms with Gasteiger partial charge in [0.2, 0.25) is 0 Å². The van der Waals surface area contributed by atoms with Crippen LogP contribution in [-0.2, 0) is 0 Å². The highest BCUT2D eigenvalue weighted by Gasteiger charge is 2.23. The van der Waals surface area contributed by atoms with Crippen molar-refractivity contribution in [3.63, 3.8) is 0 Å². The van der Waals surface area contributed by atoms with Crippen LogP contribution in [-0.4, -0.2) is 11.7 Å². The Hall–Kier alpha value is -6.88. The van der Waals surface area contributed by atoms with Crippen molar-refractivity contribution in [2.45, 2.75) is 6.17 Å². The Morgan fingerprint density at radius 1 is 0.400 bits per heavy atom. The smallest absolute Gasteiger partial charge is 0.159 e. The highest BCUT2D eigenvalue weighted by molar-refractivity contribution is 7.26. The molecular formula is C51H33N3S. The number of benzene rings is 9. The number of thiophene rings is 1. The van der Waals surface area contributed by atoms with Gasteiger partial charge in [-0.2, -0.15) is 0 Å². The number of aliphatic imine (C=N–C) groups is 2. The summed E-state index contributed by atoms with van der Waals surface area (Å²) in [4.78, 5) is 10.4. The van der Waals surface area contributed by atoms with Crippen LogP contribution < -0.4 is 5.32 Å². The molecule has 10 aromatic rings. The minimum absolute atomic E-state index is 0.367. The second-order valence-corrected chi connectivity index (χ2v) is 15.2. The largest absolute Gasteiger partial charge is 0.344 e. The van der Waals surface area contributed by atoms with Crippen LogP contribution >= 0.6 is 11.3 Å². The lowest BCUT2D eigenvalue weighted by molar-refractivity contribution is 0.674. The van der Waals surface area contributed by atoms with Crippen LogP contribution in [0.25, 0.3) is 74.7 Å². The van der Waals surface area contributed by atoms with E-state index in [0.717, 1.165) is 33.7 Å². The van der Waals surface area contributed by atoms with Gasteiger partial charge in [0.25, 0.3) is 0 Å². The summed E-state index contributed by atoms with van der Waals surface area (Å²) in [5.74, 6) is 1.52. The van der Waals surface area contributed by atoms with Crippen molar-refractivity contribution in [1.82, 2.24) is 5.32 Å². The van der Waals surface area contributed by atoms with Crippen LogP contribution in [0.1, 0.15) is 22.9 Å². The van der Waals surface area contributed by atoms with Crippen LogP contribution in [0.15, 0.2) is 198 Å². The van der Waals surface area contributed by atoms with Crippen molar-refractivity contribution in [2.75, 3.05) is 0 Å². The molecule has 3 nitrogen and oxygen atoms in total. The number of rotatable bonds is 5. The van der Waals surface area contributed by atoms with E-state index in [9.17, 15) is 0 Å². The fourth-order valence-corrected chi connectivity index (χ4v) is 9.51. The highest BCUT2D eigenvalue weighted by atomic mass is 32.1. The van der Waals surface area contributed by atoms with E-state index in [1.165, 1.54) is 63.6 Å². The SMILES string of the molecule is c1ccc(C2=NC(c3cc(-c4ccc5c6ccccc6c6ccccc6c5c4)cc(-c4cccc5c4sc4ccccc45)c3)NC(c3ccccc3)=N2)cc1. The molecular weight excluding hydrogens is 687 g/mol. The average Bonchev–Trinajstić information content (AvgIpc) is 3.66. The number of hydrogen-bond acceptors (Lipinski definition) is 4. The van der Waals surface area contributed by atoms with Gasteiger partial charge in [-0.25, -0.2) is 9.98 Å². The maximum atomic E-state index is 5.31. The molecule has 0 saturated carbocycles. The molecule has 1 N–H and O–H groups in total. The van der Waals surface area contributed by atoms with Gasteiger partial charge in [-0.1, -0.05) is 158 Å². The summed E-state index contributed by atoms with van der Waals surface area (Å²) in [5.41, 5.74) is 7.78. The third-order valence-corrected chi connectivity index (χ3v) is 12.1. The third-order valence-electron chi connectivity index (χ3n) is 10.9. The van der Waals surface area contributed by atoms with Gasteiger partial charge in [-0.05, 0) is 90.5 Å². The van der Waals surface area contributed by atoms with Crippen molar-refractivity contribution in [1.29, 1.82) is 0 Å². The standard InChI is InChI=1S/C51H33N3S/c1-3-14-32(15-4-1)49-52-50(33-16-5-2-6-17-33)54-51(53-49)37-29-35(28-36(30-37)38-23-13-24-45-44-22-11-12-25-47(44)55-48(38)45)34-26-27-43-41-20-8-7-18-39(41)40-19-9-10-21-42(40)46(43)31-34/h1-31,51H,(H,52,53,54). The van der Waals surface area contributed by atoms with E-state index in [-0.39, 0.29) is 6.17 Å². The molecule has 1 aliphatic heterocycles. The maximum absolute atomic E-state index is 5.31. The van der Waals surface area contributed by atoms with Crippen molar-refractivity contribution in [3.8, 4) is 22.3 Å². The average molecular weight is 720 g/mol. The lowest BCUT2D eigenvalue weighted by atomic mass is 9.90. The maximum Gasteiger partial charge on any atom is 0.159 e. The number of fused-ring (bicyclic) bond motifs is 9. The van der Waals surface area contributed by atoms with Crippen LogP contribution in [0.2, 0.25) is 0 Å². The van der Waals surface area contributed by atoms with Crippen LogP contribution in [0.3, 0.4) is 0 Å². The van der Waals surface area contributed by atoms with Gasteiger partial charge in [-0.15, -0.1) is 11.3 Å². The Kier molecular flexibility index (Phi) is 7.42. The Morgan fingerprint density at radius 2 is 0.982 bits per heavy atom. The normalized spacial score (nSPS) is 14.4. The van der Waals surface area contributed by atoms with Crippen LogP contribution in [0, 0.1) is 0 Å². The molecule has 1 unspecified atom stereocenters. The minimum atomic E-state index is -0.367. The summed E-state index contributed by atoms with van der Waals surface area (Å²) in [7, 11) is 0. The Morgan fingerprint density at radius 3 is 1.71 bits per heavy atom. The molecule has 9 aromatic carbocycles. The Bertz CT molecular complexity index is 3140. The van der Waals surface area contributed by atoms with Crippen LogP contribution in [0.5, 0.6) is 0 Å². The first kappa shape index (κ1) is 31.6. The number of hydrogen-bond donors (Lipinski definition) is 1. The van der Waals surface area contributed by atoms with Gasteiger partial charge in [0, 0.05) is 31.3 Å². The van der Waals surface area contributed by atoms with E-state index < -0.39 is 0 Å². The molecule has 2 heterocycles. The quantitative estimate of drug-likeness (QED) is 0.177. The van der Waals surface area contributed by atoms with E-state index in [1.807, 2.05) is 35.6 Å². The van der Waals surface area contributed by atoms with Gasteiger partial charge in [0.1, 0.15) is 12.0 Å². The summed E-state index contributed by atoms with van der Waals surface area (Å²) in [6.45, 7) is 0. The lowest BCUT2D eigenvalue weighted by Crippen LogP contribution is -2.33. The molecule has 55 heavy (non-hydrogen) atoms. The fourth-order valence-electron chi connectivity index (χ4n) is 8.27. The molecule has 0 bridgehead atoms. The monoisotopic (exact) mass is 719 g/mol. The molecule has 258 valence electrons. The fraction of sp³-hybridized carbons (Fsp3) is 0.0196. The molecule has 0 spiro atoms. The van der Waals surface area contributed by atoms with Gasteiger partial charge >= 0.3 is 0 Å². The summed E-state index contributed by atoms with van der Waals surface area (Å²) < 4.78 is 2.59. The number of nitrogens with zero attached hydrogens (tertiary/aromatic N) is 2. The van der Waals surface area contributed by atoms with Crippen molar-refractivity contribution in [2.24, 2.45) is 9.98 Å². The van der Waals surface area contributed by atoms with Crippen LogP contribution in [0.4, 0.5) is 0 Å². The molecule has 1 aliphatic rings. The molecule has 0 amide bonds. The highest BCUT2D eigenvalue weighted by Crippen LogP contribution is 2.43. The molecule has 1 aromatic heterocycles. The van der Waals surface area contributed by atoms with E-state index in [4.69, 9.17) is 9.98 Å². The molecule has 0 saturated heterocycles. The zero-order valence-electron chi connectivity index (χ0n) is 29.8. The van der Waals surface area contributed by atoms with E-state index >= 15 is 0 Å².